The number of aryl methyl sites for hydroxylation is 1. The van der Waals surface area contributed by atoms with Gasteiger partial charge in [0.2, 0.25) is 0 Å². The molecule has 0 saturated carbocycles. The Hall–Kier alpha value is -1.76. The number of aromatic nitrogens is 2. The van der Waals surface area contributed by atoms with Gasteiger partial charge in [0.1, 0.15) is 0 Å². The van der Waals surface area contributed by atoms with E-state index in [2.05, 4.69) is 16.9 Å². The van der Waals surface area contributed by atoms with Crippen molar-refractivity contribution < 1.29 is 5.11 Å². The first-order chi connectivity index (χ1) is 9.20. The molecular weight excluding hydrogens is 260 g/mol. The van der Waals surface area contributed by atoms with Crippen LogP contribution in [0.1, 0.15) is 23.2 Å². The van der Waals surface area contributed by atoms with Gasteiger partial charge in [-0.15, -0.1) is 0 Å². The standard InChI is InChI=1S/C15H15ClN2O/c1-12-15(16)11-18(17-12)10-14-8-3-2-6-13(14)7-4-5-9-19/h2-3,6,8,11,19H,5,9-10H2,1H3. The maximum atomic E-state index is 8.75. The van der Waals surface area contributed by atoms with Gasteiger partial charge in [-0.25, -0.2) is 0 Å². The second-order valence-electron chi connectivity index (χ2n) is 4.19. The van der Waals surface area contributed by atoms with Crippen LogP contribution in [0.2, 0.25) is 5.02 Å². The Kier molecular flexibility index (Phi) is 4.62. The number of nitrogens with zero attached hydrogens (tertiary/aromatic N) is 2. The molecule has 3 nitrogen and oxygen atoms in total. The summed E-state index contributed by atoms with van der Waals surface area (Å²) in [6, 6.07) is 7.92. The van der Waals surface area contributed by atoms with Gasteiger partial charge in [-0.05, 0) is 18.6 Å². The third-order valence-electron chi connectivity index (χ3n) is 2.70. The molecule has 1 aromatic heterocycles. The van der Waals surface area contributed by atoms with Crippen LogP contribution in [0.4, 0.5) is 0 Å². The Morgan fingerprint density at radius 2 is 2.16 bits per heavy atom. The fourth-order valence-corrected chi connectivity index (χ4v) is 1.89. The first-order valence-corrected chi connectivity index (χ1v) is 6.45. The summed E-state index contributed by atoms with van der Waals surface area (Å²) in [6.07, 6.45) is 2.30. The molecule has 0 saturated heterocycles. The van der Waals surface area contributed by atoms with E-state index in [9.17, 15) is 0 Å². The van der Waals surface area contributed by atoms with Crippen LogP contribution in [0.25, 0.3) is 0 Å². The van der Waals surface area contributed by atoms with Crippen molar-refractivity contribution in [3.05, 3.63) is 52.3 Å². The SMILES string of the molecule is Cc1nn(Cc2ccccc2C#CCCO)cc1Cl. The molecule has 0 unspecified atom stereocenters. The Labute approximate surface area is 117 Å². The molecule has 0 radical (unpaired) electrons. The van der Waals surface area contributed by atoms with E-state index in [0.29, 0.717) is 18.0 Å². The smallest absolute Gasteiger partial charge is 0.0815 e. The molecule has 4 heteroatoms. The van der Waals surface area contributed by atoms with E-state index in [1.807, 2.05) is 42.1 Å². The summed E-state index contributed by atoms with van der Waals surface area (Å²) in [4.78, 5) is 0. The zero-order chi connectivity index (χ0) is 13.7. The minimum Gasteiger partial charge on any atom is -0.395 e. The van der Waals surface area contributed by atoms with Crippen molar-refractivity contribution in [2.45, 2.75) is 19.9 Å². The number of benzene rings is 1. The normalized spacial score (nSPS) is 10.1. The third-order valence-corrected chi connectivity index (χ3v) is 3.07. The van der Waals surface area contributed by atoms with Crippen LogP contribution in [0.15, 0.2) is 30.5 Å². The molecule has 0 atom stereocenters. The van der Waals surface area contributed by atoms with E-state index in [-0.39, 0.29) is 6.61 Å². The highest BCUT2D eigenvalue weighted by Crippen LogP contribution is 2.15. The predicted molar refractivity (Wildman–Crippen MR) is 76.1 cm³/mol. The Morgan fingerprint density at radius 1 is 1.37 bits per heavy atom. The average molecular weight is 275 g/mol. The van der Waals surface area contributed by atoms with E-state index < -0.39 is 0 Å². The monoisotopic (exact) mass is 274 g/mol. The van der Waals surface area contributed by atoms with Gasteiger partial charge in [-0.2, -0.15) is 5.10 Å². The fourth-order valence-electron chi connectivity index (χ4n) is 1.74. The Morgan fingerprint density at radius 3 is 2.84 bits per heavy atom. The topological polar surface area (TPSA) is 38.0 Å². The minimum absolute atomic E-state index is 0.0864. The van der Waals surface area contributed by atoms with E-state index in [0.717, 1.165) is 16.8 Å². The summed E-state index contributed by atoms with van der Waals surface area (Å²) >= 11 is 6.00. The average Bonchev–Trinajstić information content (AvgIpc) is 2.71. The summed E-state index contributed by atoms with van der Waals surface area (Å²) in [5.41, 5.74) is 2.87. The second kappa shape index (κ2) is 6.42. The summed E-state index contributed by atoms with van der Waals surface area (Å²) in [5, 5.41) is 13.8. The van der Waals surface area contributed by atoms with Crippen LogP contribution in [-0.2, 0) is 6.54 Å². The lowest BCUT2D eigenvalue weighted by atomic mass is 10.1. The summed E-state index contributed by atoms with van der Waals surface area (Å²) < 4.78 is 1.81. The molecule has 0 aliphatic carbocycles. The third kappa shape index (κ3) is 3.60. The summed E-state index contributed by atoms with van der Waals surface area (Å²) in [6.45, 7) is 2.60. The molecule has 0 fully saturated rings. The molecule has 2 aromatic rings. The van der Waals surface area contributed by atoms with Gasteiger partial charge >= 0.3 is 0 Å². The maximum absolute atomic E-state index is 8.75. The number of aliphatic hydroxyl groups is 1. The van der Waals surface area contributed by atoms with Crippen LogP contribution in [-0.4, -0.2) is 21.5 Å². The van der Waals surface area contributed by atoms with Crippen molar-refractivity contribution in [1.29, 1.82) is 0 Å². The van der Waals surface area contributed by atoms with Gasteiger partial charge < -0.3 is 5.11 Å². The van der Waals surface area contributed by atoms with Crippen molar-refractivity contribution in [2.24, 2.45) is 0 Å². The Bertz CT molecular complexity index is 603. The molecule has 0 amide bonds. The van der Waals surface area contributed by atoms with E-state index >= 15 is 0 Å². The molecule has 1 aromatic carbocycles. The number of halogens is 1. The maximum Gasteiger partial charge on any atom is 0.0815 e. The van der Waals surface area contributed by atoms with E-state index in [1.54, 1.807) is 0 Å². The fraction of sp³-hybridized carbons (Fsp3) is 0.267. The Balaban J connectivity index is 2.23. The lowest BCUT2D eigenvalue weighted by Gasteiger charge is -2.04. The van der Waals surface area contributed by atoms with Crippen LogP contribution in [0.3, 0.4) is 0 Å². The van der Waals surface area contributed by atoms with Crippen molar-refractivity contribution in [2.75, 3.05) is 6.61 Å². The van der Waals surface area contributed by atoms with Gasteiger partial charge in [0, 0.05) is 18.2 Å². The van der Waals surface area contributed by atoms with Crippen molar-refractivity contribution >= 4 is 11.6 Å². The number of rotatable bonds is 3. The van der Waals surface area contributed by atoms with E-state index in [4.69, 9.17) is 16.7 Å². The molecule has 19 heavy (non-hydrogen) atoms. The minimum atomic E-state index is 0.0864. The predicted octanol–water partition coefficient (Wildman–Crippen LogP) is 2.63. The van der Waals surface area contributed by atoms with Crippen molar-refractivity contribution in [3.63, 3.8) is 0 Å². The van der Waals surface area contributed by atoms with Crippen LogP contribution in [0, 0.1) is 18.8 Å². The molecule has 0 bridgehead atoms. The van der Waals surface area contributed by atoms with Crippen LogP contribution >= 0.6 is 11.6 Å². The first kappa shape index (κ1) is 13.7. The largest absolute Gasteiger partial charge is 0.395 e. The quantitative estimate of drug-likeness (QED) is 0.874. The second-order valence-corrected chi connectivity index (χ2v) is 4.60. The highest BCUT2D eigenvalue weighted by molar-refractivity contribution is 6.31. The lowest BCUT2D eigenvalue weighted by Crippen LogP contribution is -2.02. The molecule has 2 rings (SSSR count). The molecule has 0 aliphatic rings. The number of hydrogen-bond acceptors (Lipinski definition) is 2. The van der Waals surface area contributed by atoms with E-state index in [1.165, 1.54) is 0 Å². The van der Waals surface area contributed by atoms with Crippen molar-refractivity contribution in [1.82, 2.24) is 9.78 Å². The lowest BCUT2D eigenvalue weighted by molar-refractivity contribution is 0.305. The van der Waals surface area contributed by atoms with Crippen molar-refractivity contribution in [3.8, 4) is 11.8 Å². The molecule has 1 N–H and O–H groups in total. The van der Waals surface area contributed by atoms with Gasteiger partial charge in [0.05, 0.1) is 23.9 Å². The molecule has 1 heterocycles. The molecular formula is C15H15ClN2O. The molecule has 98 valence electrons. The number of hydrogen-bond donors (Lipinski definition) is 1. The van der Waals surface area contributed by atoms with Crippen LogP contribution < -0.4 is 0 Å². The zero-order valence-electron chi connectivity index (χ0n) is 10.7. The highest BCUT2D eigenvalue weighted by atomic mass is 35.5. The van der Waals surface area contributed by atoms with Gasteiger partial charge in [0.15, 0.2) is 0 Å². The highest BCUT2D eigenvalue weighted by Gasteiger charge is 2.04. The number of aliphatic hydroxyl groups excluding tert-OH is 1. The molecule has 0 spiro atoms. The van der Waals surface area contributed by atoms with Gasteiger partial charge in [-0.3, -0.25) is 4.68 Å². The van der Waals surface area contributed by atoms with Crippen LogP contribution in [0.5, 0.6) is 0 Å². The summed E-state index contributed by atoms with van der Waals surface area (Å²) in [5.74, 6) is 6.01. The molecule has 0 aliphatic heterocycles. The van der Waals surface area contributed by atoms with Gasteiger partial charge in [0.25, 0.3) is 0 Å². The zero-order valence-corrected chi connectivity index (χ0v) is 11.5. The van der Waals surface area contributed by atoms with Gasteiger partial charge in [-0.1, -0.05) is 41.6 Å². The summed E-state index contributed by atoms with van der Waals surface area (Å²) in [7, 11) is 0. The first-order valence-electron chi connectivity index (χ1n) is 6.08.